The molecular weight excluding hydrogens is 188 g/mol. The average Bonchev–Trinajstić information content (AvgIpc) is 2.61. The van der Waals surface area contributed by atoms with Crippen molar-refractivity contribution in [2.75, 3.05) is 39.9 Å². The SMILES string of the molecule is COCC(C)CNC1CCN2CCC1C2. The summed E-state index contributed by atoms with van der Waals surface area (Å²) in [6.45, 7) is 8.19. The third-order valence-corrected chi connectivity index (χ3v) is 3.81. The van der Waals surface area contributed by atoms with Crippen molar-refractivity contribution in [2.24, 2.45) is 11.8 Å². The molecule has 3 nitrogen and oxygen atoms in total. The fourth-order valence-corrected chi connectivity index (χ4v) is 2.92. The van der Waals surface area contributed by atoms with Crippen LogP contribution in [0.3, 0.4) is 0 Å². The fraction of sp³-hybridized carbons (Fsp3) is 1.00. The molecule has 2 fully saturated rings. The molecule has 0 spiro atoms. The van der Waals surface area contributed by atoms with Crippen LogP contribution in [0.2, 0.25) is 0 Å². The van der Waals surface area contributed by atoms with Crippen molar-refractivity contribution in [1.29, 1.82) is 0 Å². The van der Waals surface area contributed by atoms with E-state index in [9.17, 15) is 0 Å². The third-order valence-electron chi connectivity index (χ3n) is 3.81. The number of hydrogen-bond acceptors (Lipinski definition) is 3. The lowest BCUT2D eigenvalue weighted by molar-refractivity contribution is 0.150. The zero-order chi connectivity index (χ0) is 10.7. The van der Waals surface area contributed by atoms with Crippen LogP contribution in [-0.2, 0) is 4.74 Å². The van der Waals surface area contributed by atoms with E-state index in [4.69, 9.17) is 4.74 Å². The first-order valence-electron chi connectivity index (χ1n) is 6.24. The second kappa shape index (κ2) is 5.28. The zero-order valence-corrected chi connectivity index (χ0v) is 10.0. The van der Waals surface area contributed by atoms with Gasteiger partial charge in [-0.15, -0.1) is 0 Å². The van der Waals surface area contributed by atoms with Crippen LogP contribution >= 0.6 is 0 Å². The van der Waals surface area contributed by atoms with Gasteiger partial charge in [0.2, 0.25) is 0 Å². The molecule has 0 saturated carbocycles. The molecule has 4 atom stereocenters. The van der Waals surface area contributed by atoms with Crippen LogP contribution in [0.1, 0.15) is 19.8 Å². The van der Waals surface area contributed by atoms with Crippen molar-refractivity contribution in [3.8, 4) is 0 Å². The molecule has 1 N–H and O–H groups in total. The third kappa shape index (κ3) is 2.92. The van der Waals surface area contributed by atoms with E-state index in [1.54, 1.807) is 7.11 Å². The molecule has 2 aliphatic heterocycles. The number of methoxy groups -OCH3 is 1. The van der Waals surface area contributed by atoms with Gasteiger partial charge in [0.15, 0.2) is 0 Å². The topological polar surface area (TPSA) is 24.5 Å². The Labute approximate surface area is 93.2 Å². The van der Waals surface area contributed by atoms with E-state index in [2.05, 4.69) is 17.1 Å². The molecular formula is C12H24N2O. The van der Waals surface area contributed by atoms with Gasteiger partial charge < -0.3 is 15.0 Å². The van der Waals surface area contributed by atoms with E-state index < -0.39 is 0 Å². The molecule has 88 valence electrons. The van der Waals surface area contributed by atoms with E-state index in [0.717, 1.165) is 25.1 Å². The smallest absolute Gasteiger partial charge is 0.0499 e. The van der Waals surface area contributed by atoms with Gasteiger partial charge in [-0.25, -0.2) is 0 Å². The lowest BCUT2D eigenvalue weighted by atomic mass is 9.94. The summed E-state index contributed by atoms with van der Waals surface area (Å²) in [5.74, 6) is 1.54. The molecule has 0 amide bonds. The first-order chi connectivity index (χ1) is 7.29. The predicted molar refractivity (Wildman–Crippen MR) is 62.0 cm³/mol. The van der Waals surface area contributed by atoms with Crippen molar-refractivity contribution in [3.63, 3.8) is 0 Å². The normalized spacial score (nSPS) is 36.8. The van der Waals surface area contributed by atoms with Gasteiger partial charge in [-0.05, 0) is 37.8 Å². The highest BCUT2D eigenvalue weighted by Gasteiger charge is 2.33. The molecule has 0 radical (unpaired) electrons. The Morgan fingerprint density at radius 1 is 1.40 bits per heavy atom. The van der Waals surface area contributed by atoms with Crippen LogP contribution in [0.15, 0.2) is 0 Å². The summed E-state index contributed by atoms with van der Waals surface area (Å²) in [6.07, 6.45) is 2.74. The number of nitrogens with zero attached hydrogens (tertiary/aromatic N) is 1. The van der Waals surface area contributed by atoms with Crippen molar-refractivity contribution in [2.45, 2.75) is 25.8 Å². The number of hydrogen-bond donors (Lipinski definition) is 1. The zero-order valence-electron chi connectivity index (χ0n) is 10.0. The number of rotatable bonds is 5. The van der Waals surface area contributed by atoms with Gasteiger partial charge in [-0.2, -0.15) is 0 Å². The van der Waals surface area contributed by atoms with Crippen LogP contribution in [0.5, 0.6) is 0 Å². The lowest BCUT2D eigenvalue weighted by Gasteiger charge is -2.31. The van der Waals surface area contributed by atoms with Crippen molar-refractivity contribution < 1.29 is 4.74 Å². The molecule has 0 aliphatic carbocycles. The Morgan fingerprint density at radius 3 is 3.00 bits per heavy atom. The Morgan fingerprint density at radius 2 is 2.20 bits per heavy atom. The molecule has 2 rings (SSSR count). The van der Waals surface area contributed by atoms with Gasteiger partial charge in [0, 0.05) is 32.8 Å². The highest BCUT2D eigenvalue weighted by Crippen LogP contribution is 2.26. The van der Waals surface area contributed by atoms with Gasteiger partial charge >= 0.3 is 0 Å². The Kier molecular flexibility index (Phi) is 4.00. The fourth-order valence-electron chi connectivity index (χ4n) is 2.92. The molecule has 0 aromatic carbocycles. The molecule has 4 unspecified atom stereocenters. The van der Waals surface area contributed by atoms with Gasteiger partial charge in [-0.1, -0.05) is 6.92 Å². The highest BCUT2D eigenvalue weighted by molar-refractivity contribution is 4.90. The van der Waals surface area contributed by atoms with E-state index in [1.807, 2.05) is 0 Å². The van der Waals surface area contributed by atoms with Crippen LogP contribution in [0.25, 0.3) is 0 Å². The maximum Gasteiger partial charge on any atom is 0.0499 e. The quantitative estimate of drug-likeness (QED) is 0.734. The van der Waals surface area contributed by atoms with Crippen LogP contribution in [0.4, 0.5) is 0 Å². The van der Waals surface area contributed by atoms with Crippen molar-refractivity contribution >= 4 is 0 Å². The predicted octanol–water partition coefficient (Wildman–Crippen LogP) is 0.953. The van der Waals surface area contributed by atoms with Gasteiger partial charge in [0.1, 0.15) is 0 Å². The second-order valence-corrected chi connectivity index (χ2v) is 5.21. The Bertz CT molecular complexity index is 198. The van der Waals surface area contributed by atoms with Gasteiger partial charge in [0.25, 0.3) is 0 Å². The largest absolute Gasteiger partial charge is 0.384 e. The molecule has 3 heteroatoms. The molecule has 2 bridgehead atoms. The summed E-state index contributed by atoms with van der Waals surface area (Å²) in [5.41, 5.74) is 0. The van der Waals surface area contributed by atoms with Crippen LogP contribution in [-0.4, -0.2) is 50.8 Å². The maximum absolute atomic E-state index is 5.16. The molecule has 2 saturated heterocycles. The minimum atomic E-state index is 0.634. The summed E-state index contributed by atoms with van der Waals surface area (Å²) >= 11 is 0. The van der Waals surface area contributed by atoms with Gasteiger partial charge in [0.05, 0.1) is 0 Å². The molecule has 2 aliphatic rings. The van der Waals surface area contributed by atoms with Gasteiger partial charge in [-0.3, -0.25) is 0 Å². The number of ether oxygens (including phenoxy) is 1. The Balaban J connectivity index is 1.70. The minimum absolute atomic E-state index is 0.634. The van der Waals surface area contributed by atoms with Crippen molar-refractivity contribution in [1.82, 2.24) is 10.2 Å². The van der Waals surface area contributed by atoms with E-state index >= 15 is 0 Å². The molecule has 15 heavy (non-hydrogen) atoms. The van der Waals surface area contributed by atoms with E-state index in [1.165, 1.54) is 32.5 Å². The van der Waals surface area contributed by atoms with Crippen molar-refractivity contribution in [3.05, 3.63) is 0 Å². The highest BCUT2D eigenvalue weighted by atomic mass is 16.5. The van der Waals surface area contributed by atoms with Crippen LogP contribution in [0, 0.1) is 11.8 Å². The van der Waals surface area contributed by atoms with E-state index in [0.29, 0.717) is 5.92 Å². The summed E-state index contributed by atoms with van der Waals surface area (Å²) in [5, 5.41) is 3.73. The Hall–Kier alpha value is -0.120. The standard InChI is InChI=1S/C12H24N2O/c1-10(9-15-2)7-13-12-4-6-14-5-3-11(12)8-14/h10-13H,3-9H2,1-2H3. The monoisotopic (exact) mass is 212 g/mol. The average molecular weight is 212 g/mol. The summed E-state index contributed by atoms with van der Waals surface area (Å²) in [7, 11) is 1.78. The van der Waals surface area contributed by atoms with Crippen LogP contribution < -0.4 is 5.32 Å². The summed E-state index contributed by atoms with van der Waals surface area (Å²) in [4.78, 5) is 2.60. The van der Waals surface area contributed by atoms with E-state index in [-0.39, 0.29) is 0 Å². The second-order valence-electron chi connectivity index (χ2n) is 5.21. The molecule has 2 heterocycles. The first kappa shape index (κ1) is 11.4. The lowest BCUT2D eigenvalue weighted by Crippen LogP contribution is -2.45. The number of piperidine rings is 1. The molecule has 0 aromatic rings. The number of fused-ring (bicyclic) bond motifs is 2. The maximum atomic E-state index is 5.16. The summed E-state index contributed by atoms with van der Waals surface area (Å²) < 4.78 is 5.16. The summed E-state index contributed by atoms with van der Waals surface area (Å²) in [6, 6.07) is 0.767. The first-order valence-corrected chi connectivity index (χ1v) is 6.24. The number of nitrogens with one attached hydrogen (secondary N) is 1. The minimum Gasteiger partial charge on any atom is -0.384 e. The molecule has 0 aromatic heterocycles.